The van der Waals surface area contributed by atoms with Crippen LogP contribution in [0.25, 0.3) is 0 Å². The van der Waals surface area contributed by atoms with E-state index >= 15 is 0 Å². The molecule has 24 heavy (non-hydrogen) atoms. The van der Waals surface area contributed by atoms with Crippen LogP contribution in [0.2, 0.25) is 0 Å². The zero-order valence-corrected chi connectivity index (χ0v) is 13.2. The van der Waals surface area contributed by atoms with Gasteiger partial charge in [0, 0.05) is 0 Å². The second-order valence-corrected chi connectivity index (χ2v) is 5.69. The molecule has 2 N–H and O–H groups in total. The number of carboxylic acid groups (broad SMARTS) is 1. The van der Waals surface area contributed by atoms with Gasteiger partial charge in [-0.2, -0.15) is 4.39 Å². The summed E-state index contributed by atoms with van der Waals surface area (Å²) in [5.41, 5.74) is -1.76. The highest BCUT2D eigenvalue weighted by Gasteiger charge is 2.27. The summed E-state index contributed by atoms with van der Waals surface area (Å²) < 4.78 is 23.4. The van der Waals surface area contributed by atoms with Gasteiger partial charge in [0.15, 0.2) is 11.8 Å². The van der Waals surface area contributed by atoms with E-state index in [-0.39, 0.29) is 0 Å². The summed E-state index contributed by atoms with van der Waals surface area (Å²) in [6.45, 7) is 4.12. The van der Waals surface area contributed by atoms with Crippen LogP contribution in [0.5, 0.6) is 5.75 Å². The third kappa shape index (κ3) is 5.71. The van der Waals surface area contributed by atoms with Gasteiger partial charge in [-0.25, -0.2) is 9.59 Å². The molecule has 0 saturated heterocycles. The Morgan fingerprint density at radius 1 is 1.42 bits per heavy atom. The van der Waals surface area contributed by atoms with E-state index in [1.54, 1.807) is 20.8 Å². The maximum atomic E-state index is 13.5. The van der Waals surface area contributed by atoms with Crippen molar-refractivity contribution in [1.29, 1.82) is 0 Å². The van der Waals surface area contributed by atoms with Gasteiger partial charge in [0.25, 0.3) is 0 Å². The van der Waals surface area contributed by atoms with Crippen LogP contribution in [0.15, 0.2) is 18.2 Å². The van der Waals surface area contributed by atoms with Gasteiger partial charge in [-0.15, -0.1) is 0 Å². The highest BCUT2D eigenvalue weighted by molar-refractivity contribution is 5.80. The monoisotopic (exact) mass is 344 g/mol. The molecule has 1 aromatic carbocycles. The molecule has 132 valence electrons. The number of rotatable bonds is 6. The quantitative estimate of drug-likeness (QED) is 0.597. The number of nitro benzene ring substituents is 1. The number of carboxylic acids is 1. The van der Waals surface area contributed by atoms with Crippen LogP contribution in [0, 0.1) is 15.9 Å². The van der Waals surface area contributed by atoms with Crippen LogP contribution in [0.4, 0.5) is 14.9 Å². The van der Waals surface area contributed by atoms with Gasteiger partial charge in [0.2, 0.25) is 5.82 Å². The van der Waals surface area contributed by atoms with E-state index in [2.05, 4.69) is 5.32 Å². The van der Waals surface area contributed by atoms with E-state index in [4.69, 9.17) is 14.6 Å². The molecule has 0 aliphatic carbocycles. The molecule has 10 heteroatoms. The number of hydrogen-bond acceptors (Lipinski definition) is 6. The first-order valence-corrected chi connectivity index (χ1v) is 6.79. The Hall–Kier alpha value is -2.91. The molecule has 0 aliphatic rings. The topological polar surface area (TPSA) is 128 Å². The molecule has 0 spiro atoms. The van der Waals surface area contributed by atoms with Crippen LogP contribution in [0.1, 0.15) is 20.8 Å². The minimum Gasteiger partial charge on any atom is -0.484 e. The second-order valence-electron chi connectivity index (χ2n) is 5.69. The van der Waals surface area contributed by atoms with Crippen LogP contribution >= 0.6 is 0 Å². The third-order valence-corrected chi connectivity index (χ3v) is 2.53. The van der Waals surface area contributed by atoms with Crippen molar-refractivity contribution >= 4 is 17.7 Å². The lowest BCUT2D eigenvalue weighted by Gasteiger charge is -2.22. The Morgan fingerprint density at radius 2 is 2.04 bits per heavy atom. The molecule has 0 aromatic heterocycles. The molecule has 9 nitrogen and oxygen atoms in total. The van der Waals surface area contributed by atoms with Gasteiger partial charge in [-0.3, -0.25) is 10.1 Å². The van der Waals surface area contributed by atoms with Gasteiger partial charge < -0.3 is 19.9 Å². The number of alkyl carbamates (subject to hydrolysis) is 1. The number of carbonyl (C=O) groups is 2. The van der Waals surface area contributed by atoms with E-state index in [9.17, 15) is 24.1 Å². The summed E-state index contributed by atoms with van der Waals surface area (Å²) >= 11 is 0. The van der Waals surface area contributed by atoms with Gasteiger partial charge in [-0.1, -0.05) is 6.07 Å². The SMILES string of the molecule is CC(C)(C)OC(=O)NC(COc1cccc(F)c1[N+](=O)[O-])C(=O)O. The Balaban J connectivity index is 2.82. The largest absolute Gasteiger partial charge is 0.484 e. The van der Waals surface area contributed by atoms with Gasteiger partial charge >= 0.3 is 17.7 Å². The molecule has 0 aliphatic heterocycles. The minimum absolute atomic E-state index is 0.447. The van der Waals surface area contributed by atoms with Crippen molar-refractivity contribution in [1.82, 2.24) is 5.32 Å². The second kappa shape index (κ2) is 7.57. The number of halogens is 1. The number of carbonyl (C=O) groups excluding carboxylic acids is 1. The molecule has 1 rings (SSSR count). The van der Waals surface area contributed by atoms with Crippen LogP contribution in [-0.2, 0) is 9.53 Å². The molecular weight excluding hydrogens is 327 g/mol. The molecule has 1 aromatic rings. The predicted octanol–water partition coefficient (Wildman–Crippen LogP) is 2.09. The zero-order chi connectivity index (χ0) is 18.5. The van der Waals surface area contributed by atoms with E-state index in [0.717, 1.165) is 12.1 Å². The maximum absolute atomic E-state index is 13.5. The average molecular weight is 344 g/mol. The lowest BCUT2D eigenvalue weighted by molar-refractivity contribution is -0.388. The highest BCUT2D eigenvalue weighted by atomic mass is 19.1. The number of aliphatic carboxylic acids is 1. The van der Waals surface area contributed by atoms with Crippen LogP contribution < -0.4 is 10.1 Å². The Bertz CT molecular complexity index is 643. The standard InChI is InChI=1S/C14H17FN2O7/c1-14(2,3)24-13(20)16-9(12(18)19)7-23-10-6-4-5-8(15)11(10)17(21)22/h4-6,9H,7H2,1-3H3,(H,16,20)(H,18,19). The average Bonchev–Trinajstić information content (AvgIpc) is 2.40. The normalized spacial score (nSPS) is 12.2. The lowest BCUT2D eigenvalue weighted by Crippen LogP contribution is -2.46. The fourth-order valence-corrected chi connectivity index (χ4v) is 1.59. The first-order valence-electron chi connectivity index (χ1n) is 6.79. The molecule has 0 radical (unpaired) electrons. The van der Waals surface area contributed by atoms with Crippen molar-refractivity contribution in [3.8, 4) is 5.75 Å². The van der Waals surface area contributed by atoms with Crippen molar-refractivity contribution < 1.29 is 33.5 Å². The summed E-state index contributed by atoms with van der Waals surface area (Å²) in [4.78, 5) is 32.6. The van der Waals surface area contributed by atoms with Crippen molar-refractivity contribution in [2.24, 2.45) is 0 Å². The van der Waals surface area contributed by atoms with Crippen LogP contribution in [0.3, 0.4) is 0 Å². The summed E-state index contributed by atoms with van der Waals surface area (Å²) in [5.74, 6) is -3.01. The lowest BCUT2D eigenvalue weighted by atomic mass is 10.2. The summed E-state index contributed by atoms with van der Waals surface area (Å²) in [6.07, 6.45) is -0.993. The first kappa shape index (κ1) is 19.1. The van der Waals surface area contributed by atoms with Gasteiger partial charge in [-0.05, 0) is 32.9 Å². The predicted molar refractivity (Wildman–Crippen MR) is 79.3 cm³/mol. The number of ether oxygens (including phenoxy) is 2. The fourth-order valence-electron chi connectivity index (χ4n) is 1.59. The van der Waals surface area contributed by atoms with Gasteiger partial charge in [0.05, 0.1) is 4.92 Å². The highest BCUT2D eigenvalue weighted by Crippen LogP contribution is 2.29. The molecule has 1 amide bonds. The molecule has 1 unspecified atom stereocenters. The Kier molecular flexibility index (Phi) is 6.04. The van der Waals surface area contributed by atoms with E-state index in [1.807, 2.05) is 0 Å². The molecule has 0 heterocycles. The van der Waals surface area contributed by atoms with Crippen molar-refractivity contribution in [3.63, 3.8) is 0 Å². The number of nitrogens with zero attached hydrogens (tertiary/aromatic N) is 1. The van der Waals surface area contributed by atoms with E-state index in [0.29, 0.717) is 0 Å². The molecular formula is C14H17FN2O7. The summed E-state index contributed by atoms with van der Waals surface area (Å²) in [6, 6.07) is 1.63. The summed E-state index contributed by atoms with van der Waals surface area (Å²) in [5, 5.41) is 22.0. The maximum Gasteiger partial charge on any atom is 0.408 e. The number of para-hydroxylation sites is 1. The van der Waals surface area contributed by atoms with Gasteiger partial charge in [0.1, 0.15) is 12.2 Å². The number of hydrogen-bond donors (Lipinski definition) is 2. The molecule has 0 bridgehead atoms. The fraction of sp³-hybridized carbons (Fsp3) is 0.429. The van der Waals surface area contributed by atoms with Crippen molar-refractivity contribution in [3.05, 3.63) is 34.1 Å². The molecule has 0 saturated carbocycles. The molecule has 1 atom stereocenters. The molecule has 0 fully saturated rings. The number of nitrogens with one attached hydrogen (secondary N) is 1. The van der Waals surface area contributed by atoms with Crippen molar-refractivity contribution in [2.75, 3.05) is 6.61 Å². The number of nitro groups is 1. The Morgan fingerprint density at radius 3 is 2.54 bits per heavy atom. The third-order valence-electron chi connectivity index (χ3n) is 2.53. The number of benzene rings is 1. The Labute approximate surface area is 136 Å². The number of amides is 1. The smallest absolute Gasteiger partial charge is 0.408 e. The zero-order valence-electron chi connectivity index (χ0n) is 13.2. The van der Waals surface area contributed by atoms with E-state index < -0.39 is 52.5 Å². The van der Waals surface area contributed by atoms with E-state index in [1.165, 1.54) is 6.07 Å². The van der Waals surface area contributed by atoms with Crippen molar-refractivity contribution in [2.45, 2.75) is 32.4 Å². The summed E-state index contributed by atoms with van der Waals surface area (Å²) in [7, 11) is 0. The first-order chi connectivity index (χ1) is 11.0. The van der Waals surface area contributed by atoms with Crippen LogP contribution in [-0.4, -0.2) is 40.3 Å². The minimum atomic E-state index is -1.54.